The second kappa shape index (κ2) is 18.7. The molecule has 0 radical (unpaired) electrons. The summed E-state index contributed by atoms with van der Waals surface area (Å²) in [5.74, 6) is 1.81. The Morgan fingerprint density at radius 2 is 1.14 bits per heavy atom. The first-order valence-electron chi connectivity index (χ1n) is 28.7. The van der Waals surface area contributed by atoms with Gasteiger partial charge in [-0.2, -0.15) is 0 Å². The van der Waals surface area contributed by atoms with Crippen molar-refractivity contribution in [2.24, 2.45) is 0 Å². The quantitative estimate of drug-likeness (QED) is 0.135. The summed E-state index contributed by atoms with van der Waals surface area (Å²) in [7, 11) is 0. The van der Waals surface area contributed by atoms with Crippen LogP contribution < -0.4 is 13.9 Å². The average Bonchev–Trinajstić information content (AvgIpc) is 4.27. The fraction of sp³-hybridized carbons (Fsp3) is 0.178. The second-order valence-electron chi connectivity index (χ2n) is 23.5. The predicted octanol–water partition coefficient (Wildman–Crippen LogP) is 19.5. The minimum Gasteiger partial charge on any atom is -0.457 e. The fourth-order valence-electron chi connectivity index (χ4n) is 12.1. The molecule has 5 nitrogen and oxygen atoms in total. The minimum absolute atomic E-state index is 0.0418. The zero-order chi connectivity index (χ0) is 56.0. The largest absolute Gasteiger partial charge is 0.503 e. The van der Waals surface area contributed by atoms with Gasteiger partial charge in [0.2, 0.25) is 11.4 Å². The van der Waals surface area contributed by atoms with E-state index in [-0.39, 0.29) is 21.8 Å². The summed E-state index contributed by atoms with van der Waals surface area (Å²) < 4.78 is 40.5. The molecule has 380 valence electrons. The van der Waals surface area contributed by atoms with E-state index in [0.29, 0.717) is 22.9 Å². The number of nitrogens with zero attached hydrogens (tertiary/aromatic N) is 4. The molecule has 2 aromatic heterocycles. The van der Waals surface area contributed by atoms with Gasteiger partial charge in [-0.25, -0.2) is 4.98 Å². The lowest BCUT2D eigenvalue weighted by molar-refractivity contribution is 0.333. The molecule has 0 saturated carbocycles. The lowest BCUT2D eigenvalue weighted by atomic mass is 9.61. The van der Waals surface area contributed by atoms with Gasteiger partial charge < -0.3 is 4.74 Å². The minimum atomic E-state index is -2.42. The van der Waals surface area contributed by atoms with Crippen LogP contribution in [0.5, 0.6) is 11.5 Å². The smallest absolute Gasteiger partial charge is 0.457 e. The summed E-state index contributed by atoms with van der Waals surface area (Å²) in [6.07, 6.45) is 3.86. The summed E-state index contributed by atoms with van der Waals surface area (Å²) in [5, 5.41) is 2.07. The molecule has 2 aliphatic rings. The Bertz CT molecular complexity index is 4370. The van der Waals surface area contributed by atoms with Crippen molar-refractivity contribution in [3.63, 3.8) is 0 Å². The third-order valence-corrected chi connectivity index (χ3v) is 16.4. The van der Waals surface area contributed by atoms with Gasteiger partial charge in [0.15, 0.2) is 0 Å². The van der Waals surface area contributed by atoms with E-state index in [2.05, 4.69) is 250 Å². The van der Waals surface area contributed by atoms with Gasteiger partial charge in [0.1, 0.15) is 17.3 Å². The lowest BCUT2D eigenvalue weighted by Gasteiger charge is -2.43. The number of fused-ring (bicyclic) bond motifs is 5. The van der Waals surface area contributed by atoms with Crippen LogP contribution in [0.4, 0.5) is 22.7 Å². The topological polar surface area (TPSA) is 33.1 Å². The molecular formula is C73H64N4O+2. The standard InChI is InChI=1S/C73H64N4O/c1-48-42-68(74-46-62(48)60-28-19-29-63-69(60)73(7,8)41-40-72(63,5)6)77-64-39-36-53(71(2,3)4)43-61(64)59-38-37-56(45-67(59)77)78-55-25-17-24-54(44-55)75-47-76(66-31-16-15-30-65(66)75)70-57(51-22-13-10-14-23-51)26-18-27-58(70)52-34-32-50(33-35-52)49-20-11-9-12-21-49/h9-39,42-46H,40-41H2,1-8H3/q+2/i1D3. The van der Waals surface area contributed by atoms with Crippen LogP contribution in [0.15, 0.2) is 219 Å². The second-order valence-corrected chi connectivity index (χ2v) is 23.5. The van der Waals surface area contributed by atoms with Crippen molar-refractivity contribution in [2.45, 2.75) is 84.4 Å². The Balaban J connectivity index is 0.929. The van der Waals surface area contributed by atoms with Crippen molar-refractivity contribution in [3.05, 3.63) is 241 Å². The van der Waals surface area contributed by atoms with E-state index < -0.39 is 6.85 Å². The summed E-state index contributed by atoms with van der Waals surface area (Å²) in [6.45, 7) is 13.4. The number of aromatic nitrogens is 2. The molecule has 0 amide bonds. The Kier molecular flexibility index (Phi) is 10.9. The Labute approximate surface area is 463 Å². The molecule has 0 N–H and O–H groups in total. The SMILES string of the molecule is [2H]C([2H])([2H])c1cc(-n2c3ccc(C(C)(C)C)cc3c3ccc(Oc4cccc([N+]5=C=[N+](c6c(-c7ccccc7)cccc6-c6ccc(-c7ccccc7)cc6)c6ccccc65)c4)cc32)ncc1-c1cccc2c1C(C)(C)CCC2(C)C. The first-order valence-corrected chi connectivity index (χ1v) is 27.2. The number of rotatable bonds is 9. The summed E-state index contributed by atoms with van der Waals surface area (Å²) in [5.41, 5.74) is 17.7. The van der Waals surface area contributed by atoms with Crippen LogP contribution in [0.2, 0.25) is 0 Å². The molecular weight excluding hydrogens is 949 g/mol. The number of pyridine rings is 1. The monoisotopic (exact) mass is 1020 g/mol. The highest BCUT2D eigenvalue weighted by Gasteiger charge is 2.41. The van der Waals surface area contributed by atoms with E-state index in [4.69, 9.17) is 13.8 Å². The van der Waals surface area contributed by atoms with Gasteiger partial charge in [-0.05, 0) is 144 Å². The molecule has 0 unspecified atom stereocenters. The average molecular weight is 1020 g/mol. The molecule has 1 aliphatic carbocycles. The highest BCUT2D eigenvalue weighted by Crippen LogP contribution is 2.50. The van der Waals surface area contributed by atoms with Gasteiger partial charge >= 0.3 is 6.01 Å². The maximum atomic E-state index is 9.05. The summed E-state index contributed by atoms with van der Waals surface area (Å²) >= 11 is 0. The first kappa shape index (κ1) is 45.3. The highest BCUT2D eigenvalue weighted by molar-refractivity contribution is 6.10. The molecule has 9 aromatic carbocycles. The molecule has 5 heteroatoms. The van der Waals surface area contributed by atoms with Crippen LogP contribution in [0.25, 0.3) is 72.1 Å². The van der Waals surface area contributed by atoms with Crippen molar-refractivity contribution in [1.29, 1.82) is 0 Å². The number of benzene rings is 9. The maximum absolute atomic E-state index is 9.05. The third-order valence-electron chi connectivity index (χ3n) is 16.4. The molecule has 1 aliphatic heterocycles. The molecule has 11 aromatic rings. The Morgan fingerprint density at radius 1 is 0.526 bits per heavy atom. The summed E-state index contributed by atoms with van der Waals surface area (Å²) in [4.78, 5) is 5.21. The molecule has 0 bridgehead atoms. The van der Waals surface area contributed by atoms with Crippen molar-refractivity contribution in [2.75, 3.05) is 0 Å². The van der Waals surface area contributed by atoms with Crippen LogP contribution >= 0.6 is 0 Å². The van der Waals surface area contributed by atoms with Crippen LogP contribution in [-0.2, 0) is 16.2 Å². The van der Waals surface area contributed by atoms with E-state index >= 15 is 0 Å². The van der Waals surface area contributed by atoms with E-state index in [9.17, 15) is 0 Å². The van der Waals surface area contributed by atoms with Crippen molar-refractivity contribution < 1.29 is 8.85 Å². The molecule has 0 atom stereocenters. The van der Waals surface area contributed by atoms with Gasteiger partial charge in [-0.15, -0.1) is 0 Å². The summed E-state index contributed by atoms with van der Waals surface area (Å²) in [6, 6.07) is 77.9. The van der Waals surface area contributed by atoms with Gasteiger partial charge in [0, 0.05) is 50.9 Å². The van der Waals surface area contributed by atoms with E-state index in [0.717, 1.165) is 90.8 Å². The molecule has 13 rings (SSSR count). The first-order chi connectivity index (χ1) is 38.9. The highest BCUT2D eigenvalue weighted by atomic mass is 16.5. The van der Waals surface area contributed by atoms with Crippen LogP contribution in [0.3, 0.4) is 0 Å². The third kappa shape index (κ3) is 8.47. The molecule has 0 spiro atoms. The number of ether oxygens (including phenoxy) is 1. The zero-order valence-electron chi connectivity index (χ0n) is 48.4. The normalized spacial score (nSPS) is 15.2. The van der Waals surface area contributed by atoms with Gasteiger partial charge in [-0.3, -0.25) is 4.57 Å². The van der Waals surface area contributed by atoms with E-state index in [1.54, 1.807) is 12.3 Å². The molecule has 3 heterocycles. The van der Waals surface area contributed by atoms with Crippen molar-refractivity contribution in [1.82, 2.24) is 18.7 Å². The lowest BCUT2D eigenvalue weighted by Crippen LogP contribution is -2.34. The predicted molar refractivity (Wildman–Crippen MR) is 326 cm³/mol. The maximum Gasteiger partial charge on any atom is 0.503 e. The van der Waals surface area contributed by atoms with Gasteiger partial charge in [0.25, 0.3) is 11.4 Å². The number of hydrogen-bond donors (Lipinski definition) is 0. The Hall–Kier alpha value is -8.89. The van der Waals surface area contributed by atoms with Crippen LogP contribution in [-0.4, -0.2) is 15.6 Å². The van der Waals surface area contributed by atoms with Gasteiger partial charge in [0.05, 0.1) is 28.2 Å². The van der Waals surface area contributed by atoms with Crippen molar-refractivity contribution in [3.8, 4) is 61.8 Å². The van der Waals surface area contributed by atoms with Gasteiger partial charge in [-0.1, -0.05) is 182 Å². The number of hydrogen-bond acceptors (Lipinski definition) is 2. The van der Waals surface area contributed by atoms with E-state index in [1.165, 1.54) is 22.3 Å². The Morgan fingerprint density at radius 3 is 1.87 bits per heavy atom. The molecule has 0 fully saturated rings. The van der Waals surface area contributed by atoms with Crippen LogP contribution in [0.1, 0.15) is 87.7 Å². The number of para-hydroxylation sites is 3. The fourth-order valence-corrected chi connectivity index (χ4v) is 12.1. The molecule has 78 heavy (non-hydrogen) atoms. The molecule has 0 saturated heterocycles. The van der Waals surface area contributed by atoms with E-state index in [1.807, 2.05) is 24.3 Å². The van der Waals surface area contributed by atoms with Crippen LogP contribution in [0, 0.1) is 6.85 Å². The zero-order valence-corrected chi connectivity index (χ0v) is 45.4. The van der Waals surface area contributed by atoms with Crippen molar-refractivity contribution >= 4 is 50.6 Å². The number of aryl methyl sites for hydroxylation is 1.